The number of pyridine rings is 1. The molecular weight excluding hydrogens is 242 g/mol. The molecule has 0 aliphatic heterocycles. The van der Waals surface area contributed by atoms with Gasteiger partial charge in [0.1, 0.15) is 0 Å². The van der Waals surface area contributed by atoms with Crippen molar-refractivity contribution in [3.05, 3.63) is 33.4 Å². The maximum absolute atomic E-state index is 5.98. The average molecular weight is 248 g/mol. The van der Waals surface area contributed by atoms with E-state index in [4.69, 9.17) is 40.5 Å². The molecule has 0 aliphatic rings. The van der Waals surface area contributed by atoms with Gasteiger partial charge in [0, 0.05) is 5.39 Å². The third kappa shape index (κ3) is 1.50. The summed E-state index contributed by atoms with van der Waals surface area (Å²) in [5, 5.41) is 1.96. The number of nitrogens with two attached hydrogens (primary N) is 1. The highest BCUT2D eigenvalue weighted by Gasteiger charge is 2.09. The summed E-state index contributed by atoms with van der Waals surface area (Å²) in [6, 6.07) is 3.26. The zero-order valence-corrected chi connectivity index (χ0v) is 9.16. The lowest BCUT2D eigenvalue weighted by Gasteiger charge is -2.04. The summed E-state index contributed by atoms with van der Waals surface area (Å²) >= 11 is 17.8. The van der Waals surface area contributed by atoms with Gasteiger partial charge in [-0.3, -0.25) is 4.98 Å². The van der Waals surface area contributed by atoms with Gasteiger partial charge in [-0.1, -0.05) is 34.8 Å². The van der Waals surface area contributed by atoms with Gasteiger partial charge in [0.15, 0.2) is 0 Å². The van der Waals surface area contributed by atoms with E-state index in [1.165, 1.54) is 6.20 Å². The van der Waals surface area contributed by atoms with Gasteiger partial charge in [-0.15, -0.1) is 0 Å². The van der Waals surface area contributed by atoms with Gasteiger partial charge in [-0.05, 0) is 12.1 Å². The largest absolute Gasteiger partial charge is 0.397 e. The highest BCUT2D eigenvalue weighted by molar-refractivity contribution is 6.47. The third-order valence-electron chi connectivity index (χ3n) is 1.83. The first-order valence-corrected chi connectivity index (χ1v) is 4.91. The summed E-state index contributed by atoms with van der Waals surface area (Å²) < 4.78 is 0. The summed E-state index contributed by atoms with van der Waals surface area (Å²) in [6.07, 6.45) is 1.53. The van der Waals surface area contributed by atoms with Crippen molar-refractivity contribution in [3.63, 3.8) is 0 Å². The second kappa shape index (κ2) is 3.46. The molecule has 2 rings (SSSR count). The molecule has 2 nitrogen and oxygen atoms in total. The van der Waals surface area contributed by atoms with Crippen molar-refractivity contribution in [2.45, 2.75) is 0 Å². The Balaban J connectivity index is 2.95. The Bertz CT molecular complexity index is 511. The fraction of sp³-hybridized carbons (Fsp3) is 0. The normalized spacial score (nSPS) is 10.8. The molecule has 0 bridgehead atoms. The minimum absolute atomic E-state index is 0.400. The lowest BCUT2D eigenvalue weighted by Crippen LogP contribution is -1.88. The molecule has 0 radical (unpaired) electrons. The Labute approximate surface area is 95.6 Å². The number of benzene rings is 1. The number of hydrogen-bond donors (Lipinski definition) is 1. The van der Waals surface area contributed by atoms with Crippen LogP contribution in [0.2, 0.25) is 15.1 Å². The van der Waals surface area contributed by atoms with Crippen molar-refractivity contribution in [2.24, 2.45) is 0 Å². The molecule has 0 aliphatic carbocycles. The van der Waals surface area contributed by atoms with Crippen LogP contribution in [0.15, 0.2) is 18.3 Å². The number of anilines is 1. The third-order valence-corrected chi connectivity index (χ3v) is 2.92. The maximum Gasteiger partial charge on any atom is 0.0905 e. The number of rotatable bonds is 0. The van der Waals surface area contributed by atoms with Crippen molar-refractivity contribution in [1.29, 1.82) is 0 Å². The molecule has 2 N–H and O–H groups in total. The van der Waals surface area contributed by atoms with E-state index in [1.54, 1.807) is 12.1 Å². The highest BCUT2D eigenvalue weighted by atomic mass is 35.5. The summed E-state index contributed by atoms with van der Waals surface area (Å²) in [4.78, 5) is 4.08. The van der Waals surface area contributed by atoms with E-state index in [9.17, 15) is 0 Å². The molecule has 72 valence electrons. The molecule has 0 unspecified atom stereocenters. The number of hydrogen-bond acceptors (Lipinski definition) is 2. The fourth-order valence-electron chi connectivity index (χ4n) is 1.21. The summed E-state index contributed by atoms with van der Waals surface area (Å²) in [7, 11) is 0. The molecule has 5 heteroatoms. The minimum atomic E-state index is 0.400. The van der Waals surface area contributed by atoms with Gasteiger partial charge in [-0.2, -0.15) is 0 Å². The predicted molar refractivity (Wildman–Crippen MR) is 61.2 cm³/mol. The number of nitrogens with zero attached hydrogens (tertiary/aromatic N) is 1. The first-order chi connectivity index (χ1) is 6.59. The highest BCUT2D eigenvalue weighted by Crippen LogP contribution is 2.35. The SMILES string of the molecule is Nc1cnc2c(Cl)cc(Cl)c(Cl)c2c1. The molecule has 1 aromatic carbocycles. The number of halogens is 3. The quantitative estimate of drug-likeness (QED) is 0.720. The Kier molecular flexibility index (Phi) is 2.43. The molecule has 0 fully saturated rings. The van der Waals surface area contributed by atoms with Crippen LogP contribution in [0, 0.1) is 0 Å². The van der Waals surface area contributed by atoms with E-state index in [1.807, 2.05) is 0 Å². The lowest BCUT2D eigenvalue weighted by molar-refractivity contribution is 1.41. The van der Waals surface area contributed by atoms with Gasteiger partial charge >= 0.3 is 0 Å². The van der Waals surface area contributed by atoms with Gasteiger partial charge in [0.05, 0.1) is 32.5 Å². The van der Waals surface area contributed by atoms with Crippen LogP contribution >= 0.6 is 34.8 Å². The van der Waals surface area contributed by atoms with Crippen LogP contribution in [0.25, 0.3) is 10.9 Å². The van der Waals surface area contributed by atoms with Crippen LogP contribution in [0.3, 0.4) is 0 Å². The summed E-state index contributed by atoms with van der Waals surface area (Å²) in [6.45, 7) is 0. The van der Waals surface area contributed by atoms with Crippen LogP contribution in [0.4, 0.5) is 5.69 Å². The molecule has 0 saturated heterocycles. The van der Waals surface area contributed by atoms with Crippen molar-refractivity contribution < 1.29 is 0 Å². The van der Waals surface area contributed by atoms with Crippen molar-refractivity contribution in [1.82, 2.24) is 4.98 Å². The zero-order chi connectivity index (χ0) is 10.3. The van der Waals surface area contributed by atoms with Gasteiger partial charge in [-0.25, -0.2) is 0 Å². The van der Waals surface area contributed by atoms with E-state index in [0.29, 0.717) is 31.7 Å². The van der Waals surface area contributed by atoms with Gasteiger partial charge in [0.2, 0.25) is 0 Å². The van der Waals surface area contributed by atoms with E-state index in [0.717, 1.165) is 0 Å². The smallest absolute Gasteiger partial charge is 0.0905 e. The first-order valence-electron chi connectivity index (χ1n) is 3.78. The van der Waals surface area contributed by atoms with Crippen LogP contribution in [-0.2, 0) is 0 Å². The summed E-state index contributed by atoms with van der Waals surface area (Å²) in [5.74, 6) is 0. The van der Waals surface area contributed by atoms with Gasteiger partial charge in [0.25, 0.3) is 0 Å². The van der Waals surface area contributed by atoms with Crippen molar-refractivity contribution in [3.8, 4) is 0 Å². The van der Waals surface area contributed by atoms with E-state index in [-0.39, 0.29) is 0 Å². The molecule has 0 atom stereocenters. The molecule has 0 amide bonds. The minimum Gasteiger partial charge on any atom is -0.397 e. The Morgan fingerprint density at radius 1 is 1.07 bits per heavy atom. The number of fused-ring (bicyclic) bond motifs is 1. The number of aromatic nitrogens is 1. The fourth-order valence-corrected chi connectivity index (χ4v) is 1.94. The van der Waals surface area contributed by atoms with Crippen molar-refractivity contribution in [2.75, 3.05) is 5.73 Å². The predicted octanol–water partition coefficient (Wildman–Crippen LogP) is 3.78. The Hall–Kier alpha value is -0.700. The molecule has 0 saturated carbocycles. The van der Waals surface area contributed by atoms with Crippen molar-refractivity contribution >= 4 is 51.4 Å². The van der Waals surface area contributed by atoms with E-state index in [2.05, 4.69) is 4.98 Å². The van der Waals surface area contributed by atoms with Crippen LogP contribution in [0.5, 0.6) is 0 Å². The Morgan fingerprint density at radius 2 is 1.79 bits per heavy atom. The maximum atomic E-state index is 5.98. The van der Waals surface area contributed by atoms with Crippen LogP contribution in [-0.4, -0.2) is 4.98 Å². The van der Waals surface area contributed by atoms with Crippen LogP contribution in [0.1, 0.15) is 0 Å². The summed E-state index contributed by atoms with van der Waals surface area (Å²) in [5.41, 5.74) is 6.72. The molecule has 1 aromatic heterocycles. The van der Waals surface area contributed by atoms with Gasteiger partial charge < -0.3 is 5.73 Å². The molecule has 14 heavy (non-hydrogen) atoms. The average Bonchev–Trinajstić information content (AvgIpc) is 2.14. The molecule has 1 heterocycles. The molecule has 2 aromatic rings. The standard InChI is InChI=1S/C9H5Cl3N2/c10-6-2-7(11)9-5(8(6)12)1-4(13)3-14-9/h1-3H,13H2. The van der Waals surface area contributed by atoms with E-state index >= 15 is 0 Å². The number of nitrogen functional groups attached to an aromatic ring is 1. The van der Waals surface area contributed by atoms with E-state index < -0.39 is 0 Å². The topological polar surface area (TPSA) is 38.9 Å². The zero-order valence-electron chi connectivity index (χ0n) is 6.89. The monoisotopic (exact) mass is 246 g/mol. The second-order valence-electron chi connectivity index (χ2n) is 2.82. The second-order valence-corrected chi connectivity index (χ2v) is 4.01. The van der Waals surface area contributed by atoms with Crippen LogP contribution < -0.4 is 5.73 Å². The molecule has 0 spiro atoms. The molecular formula is C9H5Cl3N2. The lowest BCUT2D eigenvalue weighted by atomic mass is 10.2. The first kappa shape index (κ1) is 9.84. The Morgan fingerprint density at radius 3 is 2.50 bits per heavy atom.